The van der Waals surface area contributed by atoms with Gasteiger partial charge >= 0.3 is 0 Å². The molecule has 2 rings (SSSR count). The van der Waals surface area contributed by atoms with Gasteiger partial charge in [0, 0.05) is 18.3 Å². The summed E-state index contributed by atoms with van der Waals surface area (Å²) in [5.41, 5.74) is 2.71. The minimum absolute atomic E-state index is 0.0348. The van der Waals surface area contributed by atoms with Crippen LogP contribution >= 0.6 is 0 Å². The molecule has 0 spiro atoms. The summed E-state index contributed by atoms with van der Waals surface area (Å²) < 4.78 is 15.0. The fourth-order valence-corrected chi connectivity index (χ4v) is 2.26. The molecule has 2 aromatic rings. The Morgan fingerprint density at radius 1 is 1.36 bits per heavy atom. The van der Waals surface area contributed by atoms with Crippen LogP contribution in [0.1, 0.15) is 35.5 Å². The first-order valence-electron chi connectivity index (χ1n) is 7.11. The van der Waals surface area contributed by atoms with E-state index in [9.17, 15) is 9.18 Å². The summed E-state index contributed by atoms with van der Waals surface area (Å²) in [5, 5.41) is 6.69. The smallest absolute Gasteiger partial charge is 0.262 e. The second kappa shape index (κ2) is 6.13. The maximum atomic E-state index is 14.0. The molecule has 116 valence electrons. The van der Waals surface area contributed by atoms with Crippen molar-refractivity contribution in [2.45, 2.75) is 20.8 Å². The Balaban J connectivity index is 2.35. The number of carbonyl (C=O) groups excluding carboxylic acids is 1. The van der Waals surface area contributed by atoms with Crippen molar-refractivity contribution in [2.75, 3.05) is 5.32 Å². The molecular weight excluding hydrogens is 281 g/mol. The molecule has 0 aliphatic rings. The van der Waals surface area contributed by atoms with Crippen molar-refractivity contribution in [1.29, 1.82) is 0 Å². The van der Waals surface area contributed by atoms with E-state index in [0.717, 1.165) is 15.8 Å². The molecule has 1 aromatic carbocycles. The zero-order valence-electron chi connectivity index (χ0n) is 13.3. The lowest BCUT2D eigenvalue weighted by atomic mass is 9.95. The molecule has 0 atom stereocenters. The first kappa shape index (κ1) is 15.9. The monoisotopic (exact) mass is 301 g/mol. The lowest BCUT2D eigenvalue weighted by molar-refractivity contribution is 0.102. The number of aromatic nitrogens is 2. The topological polar surface area (TPSA) is 46.9 Å². The third kappa shape index (κ3) is 2.93. The van der Waals surface area contributed by atoms with Crippen molar-refractivity contribution >= 4 is 17.2 Å². The zero-order valence-corrected chi connectivity index (χ0v) is 13.3. The van der Waals surface area contributed by atoms with Crippen LogP contribution in [0.5, 0.6) is 0 Å². The van der Waals surface area contributed by atoms with E-state index >= 15 is 0 Å². The van der Waals surface area contributed by atoms with E-state index in [1.165, 1.54) is 7.05 Å². The number of aryl methyl sites for hydroxylation is 2. The molecule has 4 nitrogen and oxygen atoms in total. The Bertz CT molecular complexity index is 732. The van der Waals surface area contributed by atoms with Crippen LogP contribution < -0.4 is 5.32 Å². The first-order chi connectivity index (χ1) is 10.3. The fraction of sp³-hybridized carbons (Fsp3) is 0.294. The van der Waals surface area contributed by atoms with Gasteiger partial charge in [0.2, 0.25) is 5.95 Å². The summed E-state index contributed by atoms with van der Waals surface area (Å²) in [6.07, 6.45) is 0. The summed E-state index contributed by atoms with van der Waals surface area (Å²) in [6.45, 7) is 9.74. The van der Waals surface area contributed by atoms with Gasteiger partial charge in [-0.1, -0.05) is 38.6 Å². The van der Waals surface area contributed by atoms with Crippen molar-refractivity contribution in [3.05, 3.63) is 53.6 Å². The Morgan fingerprint density at radius 2 is 2.00 bits per heavy atom. The summed E-state index contributed by atoms with van der Waals surface area (Å²) in [6, 6.07) is 7.38. The van der Waals surface area contributed by atoms with Crippen molar-refractivity contribution in [1.82, 2.24) is 9.78 Å². The van der Waals surface area contributed by atoms with Gasteiger partial charge < -0.3 is 5.32 Å². The summed E-state index contributed by atoms with van der Waals surface area (Å²) in [5.74, 6) is -0.905. The van der Waals surface area contributed by atoms with Crippen molar-refractivity contribution in [3.63, 3.8) is 0 Å². The predicted molar refractivity (Wildman–Crippen MR) is 86.2 cm³/mol. The maximum absolute atomic E-state index is 14.0. The van der Waals surface area contributed by atoms with Crippen LogP contribution in [0, 0.1) is 18.8 Å². The van der Waals surface area contributed by atoms with E-state index in [1.54, 1.807) is 13.0 Å². The molecule has 5 heteroatoms. The number of nitrogens with one attached hydrogen (secondary N) is 1. The van der Waals surface area contributed by atoms with Crippen molar-refractivity contribution < 1.29 is 9.18 Å². The molecule has 0 unspecified atom stereocenters. The standard InChI is InChI=1S/C17H20FN3O/c1-10(2)11(3)13-8-6-7-9-14(13)19-17(22)15-12(4)20-21(5)16(15)18/h6-10H,3H2,1-2,4-5H3,(H,19,22). The van der Waals surface area contributed by atoms with Crippen LogP contribution in [0.25, 0.3) is 5.57 Å². The van der Waals surface area contributed by atoms with E-state index in [-0.39, 0.29) is 11.5 Å². The number of para-hydroxylation sites is 1. The van der Waals surface area contributed by atoms with Gasteiger partial charge in [-0.05, 0) is 24.5 Å². The maximum Gasteiger partial charge on any atom is 0.262 e. The van der Waals surface area contributed by atoms with Crippen LogP contribution in [0.3, 0.4) is 0 Å². The number of nitrogens with zero attached hydrogens (tertiary/aromatic N) is 2. The third-order valence-corrected chi connectivity index (χ3v) is 3.60. The zero-order chi connectivity index (χ0) is 16.4. The molecule has 22 heavy (non-hydrogen) atoms. The summed E-state index contributed by atoms with van der Waals surface area (Å²) in [4.78, 5) is 12.4. The SMILES string of the molecule is C=C(c1ccccc1NC(=O)c1c(C)nn(C)c1F)C(C)C. The van der Waals surface area contributed by atoms with E-state index < -0.39 is 11.9 Å². The Hall–Kier alpha value is -2.43. The van der Waals surface area contributed by atoms with Gasteiger partial charge in [-0.3, -0.25) is 4.79 Å². The molecule has 0 fully saturated rings. The molecule has 0 radical (unpaired) electrons. The second-order valence-electron chi connectivity index (χ2n) is 5.55. The van der Waals surface area contributed by atoms with Crippen LogP contribution in [0.4, 0.5) is 10.1 Å². The number of anilines is 1. The molecule has 1 amide bonds. The molecule has 1 N–H and O–H groups in total. The number of carbonyl (C=O) groups is 1. The second-order valence-corrected chi connectivity index (χ2v) is 5.55. The Kier molecular flexibility index (Phi) is 4.45. The number of halogens is 1. The number of hydrogen-bond acceptors (Lipinski definition) is 2. The van der Waals surface area contributed by atoms with Crippen molar-refractivity contribution in [2.24, 2.45) is 13.0 Å². The molecular formula is C17H20FN3O. The van der Waals surface area contributed by atoms with Gasteiger partial charge in [-0.25, -0.2) is 4.68 Å². The Labute approximate surface area is 129 Å². The number of amides is 1. The van der Waals surface area contributed by atoms with Crippen LogP contribution in [0.2, 0.25) is 0 Å². The molecule has 0 aliphatic carbocycles. The van der Waals surface area contributed by atoms with Crippen LogP contribution in [-0.4, -0.2) is 15.7 Å². The molecule has 0 bridgehead atoms. The van der Waals surface area contributed by atoms with E-state index in [2.05, 4.69) is 17.0 Å². The number of rotatable bonds is 4. The first-order valence-corrected chi connectivity index (χ1v) is 7.11. The lowest BCUT2D eigenvalue weighted by Gasteiger charge is -2.15. The largest absolute Gasteiger partial charge is 0.321 e. The minimum Gasteiger partial charge on any atom is -0.321 e. The van der Waals surface area contributed by atoms with E-state index in [4.69, 9.17) is 0 Å². The molecule has 1 aromatic heterocycles. The predicted octanol–water partition coefficient (Wildman–Crippen LogP) is 3.79. The van der Waals surface area contributed by atoms with Gasteiger partial charge in [-0.15, -0.1) is 0 Å². The van der Waals surface area contributed by atoms with E-state index in [1.807, 2.05) is 32.0 Å². The molecule has 0 saturated carbocycles. The Morgan fingerprint density at radius 3 is 2.55 bits per heavy atom. The van der Waals surface area contributed by atoms with Crippen molar-refractivity contribution in [3.8, 4) is 0 Å². The van der Waals surface area contributed by atoms with Gasteiger partial charge in [0.05, 0.1) is 5.69 Å². The normalized spacial score (nSPS) is 10.8. The highest BCUT2D eigenvalue weighted by atomic mass is 19.1. The van der Waals surface area contributed by atoms with Gasteiger partial charge in [0.25, 0.3) is 5.91 Å². The lowest BCUT2D eigenvalue weighted by Crippen LogP contribution is -2.16. The average Bonchev–Trinajstić information content (AvgIpc) is 2.71. The molecule has 0 saturated heterocycles. The third-order valence-electron chi connectivity index (χ3n) is 3.60. The van der Waals surface area contributed by atoms with Gasteiger partial charge in [-0.2, -0.15) is 9.49 Å². The quantitative estimate of drug-likeness (QED) is 0.934. The van der Waals surface area contributed by atoms with Gasteiger partial charge in [0.15, 0.2) is 0 Å². The molecule has 0 aliphatic heterocycles. The van der Waals surface area contributed by atoms with Gasteiger partial charge in [0.1, 0.15) is 5.56 Å². The number of hydrogen-bond donors (Lipinski definition) is 1. The highest BCUT2D eigenvalue weighted by Gasteiger charge is 2.21. The van der Waals surface area contributed by atoms with Crippen LogP contribution in [0.15, 0.2) is 30.8 Å². The minimum atomic E-state index is -0.643. The highest BCUT2D eigenvalue weighted by Crippen LogP contribution is 2.28. The molecule has 1 heterocycles. The number of benzene rings is 1. The number of allylic oxidation sites excluding steroid dienone is 1. The van der Waals surface area contributed by atoms with E-state index in [0.29, 0.717) is 11.4 Å². The summed E-state index contributed by atoms with van der Waals surface area (Å²) in [7, 11) is 1.47. The highest BCUT2D eigenvalue weighted by molar-refractivity contribution is 6.06. The average molecular weight is 301 g/mol. The van der Waals surface area contributed by atoms with Crippen LogP contribution in [-0.2, 0) is 7.05 Å². The fourth-order valence-electron chi connectivity index (χ4n) is 2.26. The summed E-state index contributed by atoms with van der Waals surface area (Å²) >= 11 is 0.